The molecule has 2 rings (SSSR count). The maximum Gasteiger partial charge on any atom is 0.149 e. The summed E-state index contributed by atoms with van der Waals surface area (Å²) in [5.41, 5.74) is 2.64. The summed E-state index contributed by atoms with van der Waals surface area (Å²) in [5, 5.41) is 2.96. The highest BCUT2D eigenvalue weighted by molar-refractivity contribution is 5.54. The van der Waals surface area contributed by atoms with Crippen molar-refractivity contribution in [2.24, 2.45) is 5.18 Å². The van der Waals surface area contributed by atoms with Gasteiger partial charge in [-0.05, 0) is 43.1 Å². The third kappa shape index (κ3) is 2.76. The minimum Gasteiger partial charge on any atom is -0.491 e. The second-order valence-electron chi connectivity index (χ2n) is 4.31. The molecule has 4 heteroatoms. The predicted octanol–water partition coefficient (Wildman–Crippen LogP) is 3.89. The lowest BCUT2D eigenvalue weighted by Gasteiger charge is -2.21. The van der Waals surface area contributed by atoms with Gasteiger partial charge in [0.1, 0.15) is 17.5 Å². The quantitative estimate of drug-likeness (QED) is 0.599. The van der Waals surface area contributed by atoms with Crippen LogP contribution in [0.2, 0.25) is 0 Å². The molecule has 96 valence electrons. The molecule has 1 aromatic rings. The minimum atomic E-state index is -0.0568. The van der Waals surface area contributed by atoms with Gasteiger partial charge in [0.25, 0.3) is 0 Å². The van der Waals surface area contributed by atoms with Crippen LogP contribution in [0.1, 0.15) is 31.9 Å². The highest BCUT2D eigenvalue weighted by atomic mass is 16.5. The van der Waals surface area contributed by atoms with Crippen molar-refractivity contribution in [3.05, 3.63) is 40.3 Å². The van der Waals surface area contributed by atoms with Gasteiger partial charge >= 0.3 is 0 Å². The van der Waals surface area contributed by atoms with E-state index >= 15 is 0 Å². The molecule has 0 N–H and O–H groups in total. The lowest BCUT2D eigenvalue weighted by Crippen LogP contribution is -2.09. The van der Waals surface area contributed by atoms with Crippen LogP contribution < -0.4 is 4.74 Å². The molecule has 0 amide bonds. The van der Waals surface area contributed by atoms with Crippen molar-refractivity contribution in [3.63, 3.8) is 0 Å². The zero-order valence-corrected chi connectivity index (χ0v) is 10.7. The van der Waals surface area contributed by atoms with Gasteiger partial charge in [-0.3, -0.25) is 0 Å². The van der Waals surface area contributed by atoms with E-state index in [2.05, 4.69) is 18.2 Å². The zero-order chi connectivity index (χ0) is 13.0. The van der Waals surface area contributed by atoms with Crippen LogP contribution in [0.4, 0.5) is 5.69 Å². The van der Waals surface area contributed by atoms with Crippen LogP contribution in [0.5, 0.6) is 5.75 Å². The van der Waals surface area contributed by atoms with Crippen LogP contribution in [0.3, 0.4) is 0 Å². The summed E-state index contributed by atoms with van der Waals surface area (Å²) in [4.78, 5) is 10.7. The molecule has 0 fully saturated rings. The van der Waals surface area contributed by atoms with Crippen LogP contribution >= 0.6 is 0 Å². The molecule has 0 aromatic heterocycles. The number of hydrogen-bond donors (Lipinski definition) is 0. The molecule has 18 heavy (non-hydrogen) atoms. The first-order valence-corrected chi connectivity index (χ1v) is 6.13. The van der Waals surface area contributed by atoms with Crippen molar-refractivity contribution >= 4 is 5.69 Å². The fourth-order valence-electron chi connectivity index (χ4n) is 1.98. The zero-order valence-electron chi connectivity index (χ0n) is 10.7. The second-order valence-corrected chi connectivity index (χ2v) is 4.31. The second kappa shape index (κ2) is 5.78. The van der Waals surface area contributed by atoms with E-state index in [0.29, 0.717) is 18.0 Å². The third-order valence-corrected chi connectivity index (χ3v) is 2.94. The molecule has 4 nitrogen and oxygen atoms in total. The summed E-state index contributed by atoms with van der Waals surface area (Å²) >= 11 is 0. The largest absolute Gasteiger partial charge is 0.491 e. The highest BCUT2D eigenvalue weighted by Crippen LogP contribution is 2.33. The predicted molar refractivity (Wildman–Crippen MR) is 70.1 cm³/mol. The number of nitrogens with zero attached hydrogens (tertiary/aromatic N) is 1. The van der Waals surface area contributed by atoms with Crippen LogP contribution in [0, 0.1) is 4.91 Å². The average molecular weight is 247 g/mol. The molecular weight excluding hydrogens is 230 g/mol. The smallest absolute Gasteiger partial charge is 0.149 e. The monoisotopic (exact) mass is 247 g/mol. The van der Waals surface area contributed by atoms with E-state index in [1.165, 1.54) is 5.57 Å². The number of hydrogen-bond acceptors (Lipinski definition) is 4. The summed E-state index contributed by atoms with van der Waals surface area (Å²) in [5.74, 6) is 0.519. The van der Waals surface area contributed by atoms with E-state index in [-0.39, 0.29) is 6.10 Å². The van der Waals surface area contributed by atoms with Gasteiger partial charge in [-0.2, -0.15) is 0 Å². The van der Waals surface area contributed by atoms with Gasteiger partial charge in [0.2, 0.25) is 0 Å². The van der Waals surface area contributed by atoms with Crippen LogP contribution in [0.25, 0.3) is 0 Å². The first kappa shape index (κ1) is 12.8. The molecule has 1 aromatic carbocycles. The first-order valence-electron chi connectivity index (χ1n) is 6.13. The molecular formula is C14H17NO3. The van der Waals surface area contributed by atoms with E-state index < -0.39 is 0 Å². The number of rotatable bonds is 4. The lowest BCUT2D eigenvalue weighted by atomic mass is 10.0. The van der Waals surface area contributed by atoms with Crippen LogP contribution in [0.15, 0.2) is 35.0 Å². The molecule has 0 radical (unpaired) electrons. The number of benzene rings is 1. The molecule has 0 saturated heterocycles. The molecule has 0 saturated carbocycles. The molecule has 1 heterocycles. The molecule has 1 atom stereocenters. The third-order valence-electron chi connectivity index (χ3n) is 2.94. The van der Waals surface area contributed by atoms with Gasteiger partial charge in [-0.15, -0.1) is 4.91 Å². The number of nitroso groups, excluding NO2 is 1. The van der Waals surface area contributed by atoms with Crippen molar-refractivity contribution in [2.45, 2.75) is 26.4 Å². The Morgan fingerprint density at radius 3 is 3.00 bits per heavy atom. The summed E-state index contributed by atoms with van der Waals surface area (Å²) in [6.07, 6.45) is 3.02. The van der Waals surface area contributed by atoms with Crippen molar-refractivity contribution in [2.75, 3.05) is 13.2 Å². The van der Waals surface area contributed by atoms with E-state index in [1.807, 2.05) is 19.1 Å². The Morgan fingerprint density at radius 1 is 1.50 bits per heavy atom. The molecule has 0 aliphatic carbocycles. The Kier molecular flexibility index (Phi) is 4.10. The number of ether oxygens (including phenoxy) is 2. The molecule has 0 spiro atoms. The summed E-state index contributed by atoms with van der Waals surface area (Å²) in [7, 11) is 0. The fourth-order valence-corrected chi connectivity index (χ4v) is 1.98. The Hall–Kier alpha value is -1.68. The SMILES string of the molecule is CCOc1cc(C2C=C(C)CCO2)ccc1N=O. The van der Waals surface area contributed by atoms with Gasteiger partial charge in [0.05, 0.1) is 13.2 Å². The summed E-state index contributed by atoms with van der Waals surface area (Å²) in [6, 6.07) is 5.37. The first-order chi connectivity index (χ1) is 8.74. The average Bonchev–Trinajstić information content (AvgIpc) is 2.39. The van der Waals surface area contributed by atoms with Gasteiger partial charge < -0.3 is 9.47 Å². The van der Waals surface area contributed by atoms with Gasteiger partial charge in [-0.25, -0.2) is 0 Å². The van der Waals surface area contributed by atoms with Crippen molar-refractivity contribution in [1.82, 2.24) is 0 Å². The van der Waals surface area contributed by atoms with Crippen molar-refractivity contribution in [1.29, 1.82) is 0 Å². The summed E-state index contributed by atoms with van der Waals surface area (Å²) < 4.78 is 11.1. The van der Waals surface area contributed by atoms with Gasteiger partial charge in [0.15, 0.2) is 0 Å². The highest BCUT2D eigenvalue weighted by Gasteiger charge is 2.16. The fraction of sp³-hybridized carbons (Fsp3) is 0.429. The van der Waals surface area contributed by atoms with E-state index in [1.54, 1.807) is 6.07 Å². The normalized spacial score (nSPS) is 19.2. The van der Waals surface area contributed by atoms with Crippen molar-refractivity contribution < 1.29 is 9.47 Å². The maximum absolute atomic E-state index is 10.7. The summed E-state index contributed by atoms with van der Waals surface area (Å²) in [6.45, 7) is 5.21. The van der Waals surface area contributed by atoms with E-state index in [0.717, 1.165) is 18.6 Å². The Balaban J connectivity index is 2.31. The topological polar surface area (TPSA) is 47.9 Å². The molecule has 1 aliphatic rings. The lowest BCUT2D eigenvalue weighted by molar-refractivity contribution is 0.0767. The van der Waals surface area contributed by atoms with Gasteiger partial charge in [-0.1, -0.05) is 17.7 Å². The molecule has 1 unspecified atom stereocenters. The van der Waals surface area contributed by atoms with E-state index in [9.17, 15) is 4.91 Å². The molecule has 0 bridgehead atoms. The minimum absolute atomic E-state index is 0.0568. The molecule has 1 aliphatic heterocycles. The van der Waals surface area contributed by atoms with E-state index in [4.69, 9.17) is 9.47 Å². The standard InChI is InChI=1S/C14H17NO3/c1-3-17-14-9-11(4-5-12(14)15-16)13-8-10(2)6-7-18-13/h4-5,8-9,13H,3,6-7H2,1-2H3. The van der Waals surface area contributed by atoms with Gasteiger partial charge in [0, 0.05) is 0 Å². The Morgan fingerprint density at radius 2 is 2.33 bits per heavy atom. The van der Waals surface area contributed by atoms with Crippen molar-refractivity contribution in [3.8, 4) is 5.75 Å². The Bertz CT molecular complexity index is 468. The maximum atomic E-state index is 10.7. The van der Waals surface area contributed by atoms with Crippen LogP contribution in [-0.2, 0) is 4.74 Å². The van der Waals surface area contributed by atoms with Crippen LogP contribution in [-0.4, -0.2) is 13.2 Å². The Labute approximate surface area is 107 Å².